The summed E-state index contributed by atoms with van der Waals surface area (Å²) >= 11 is 0. The van der Waals surface area contributed by atoms with Crippen LogP contribution in [0, 0.1) is 0 Å². The van der Waals surface area contributed by atoms with Gasteiger partial charge in [0.2, 0.25) is 11.8 Å². The molecule has 0 radical (unpaired) electrons. The quantitative estimate of drug-likeness (QED) is 0.712. The minimum atomic E-state index is -0.630. The number of hydrogen-bond acceptors (Lipinski definition) is 5. The summed E-state index contributed by atoms with van der Waals surface area (Å²) in [6.45, 7) is 1.48. The van der Waals surface area contributed by atoms with Crippen molar-refractivity contribution in [1.29, 1.82) is 0 Å². The molecule has 8 heteroatoms. The average Bonchev–Trinajstić information content (AvgIpc) is 3.15. The van der Waals surface area contributed by atoms with E-state index in [0.717, 1.165) is 11.1 Å². The molecule has 1 atom stereocenters. The maximum absolute atomic E-state index is 12.7. The third-order valence-electron chi connectivity index (χ3n) is 4.73. The van der Waals surface area contributed by atoms with Crippen LogP contribution in [0.25, 0.3) is 17.5 Å². The maximum atomic E-state index is 12.7. The van der Waals surface area contributed by atoms with Gasteiger partial charge in [-0.05, 0) is 41.5 Å². The zero-order chi connectivity index (χ0) is 20.4. The van der Waals surface area contributed by atoms with Crippen LogP contribution in [0.4, 0.5) is 5.69 Å². The molecule has 29 heavy (non-hydrogen) atoms. The summed E-state index contributed by atoms with van der Waals surface area (Å²) in [6.07, 6.45) is 3.72. The van der Waals surface area contributed by atoms with E-state index in [-0.39, 0.29) is 24.3 Å². The van der Waals surface area contributed by atoms with Crippen LogP contribution in [-0.2, 0) is 9.59 Å². The second-order valence-electron chi connectivity index (χ2n) is 6.66. The Balaban J connectivity index is 1.49. The number of aromatic amines is 1. The molecule has 2 N–H and O–H groups in total. The highest BCUT2D eigenvalue weighted by atomic mass is 16.5. The minimum Gasteiger partial charge on any atom is -0.326 e. The lowest BCUT2D eigenvalue weighted by molar-refractivity contribution is -0.129. The van der Waals surface area contributed by atoms with Gasteiger partial charge in [0, 0.05) is 24.4 Å². The Kier molecular flexibility index (Phi) is 4.82. The number of nitrogens with zero attached hydrogens (tertiary/aromatic N) is 2. The summed E-state index contributed by atoms with van der Waals surface area (Å²) < 4.78 is 4.49. The topological polar surface area (TPSA) is 108 Å². The Hall–Kier alpha value is -3.94. The maximum Gasteiger partial charge on any atom is 0.439 e. The number of carbonyl (C=O) groups excluding carboxylic acids is 2. The van der Waals surface area contributed by atoms with Gasteiger partial charge in [0.05, 0.1) is 12.5 Å². The predicted octanol–water partition coefficient (Wildman–Crippen LogP) is 2.93. The number of benzene rings is 2. The molecular formula is C21H18N4O4. The van der Waals surface area contributed by atoms with Gasteiger partial charge in [-0.25, -0.2) is 4.79 Å². The summed E-state index contributed by atoms with van der Waals surface area (Å²) in [5.74, 6) is -0.654. The van der Waals surface area contributed by atoms with Gasteiger partial charge >= 0.3 is 5.76 Å². The molecule has 8 nitrogen and oxygen atoms in total. The molecule has 146 valence electrons. The van der Waals surface area contributed by atoms with Gasteiger partial charge in [0.25, 0.3) is 0 Å². The molecule has 1 aromatic heterocycles. The number of H-pyrrole nitrogens is 1. The van der Waals surface area contributed by atoms with Crippen LogP contribution < -0.4 is 11.1 Å². The van der Waals surface area contributed by atoms with E-state index in [1.54, 1.807) is 35.4 Å². The fraction of sp³-hybridized carbons (Fsp3) is 0.143. The van der Waals surface area contributed by atoms with Gasteiger partial charge in [-0.2, -0.15) is 0 Å². The molecule has 0 saturated heterocycles. The first-order valence-electron chi connectivity index (χ1n) is 9.03. The van der Waals surface area contributed by atoms with E-state index < -0.39 is 5.76 Å². The van der Waals surface area contributed by atoms with E-state index in [9.17, 15) is 14.4 Å². The van der Waals surface area contributed by atoms with Crippen LogP contribution in [0.1, 0.15) is 30.5 Å². The van der Waals surface area contributed by atoms with E-state index in [1.165, 1.54) is 6.92 Å². The number of anilines is 1. The number of fused-ring (bicyclic) bond motifs is 1. The molecule has 2 aromatic carbocycles. The zero-order valence-electron chi connectivity index (χ0n) is 15.6. The van der Waals surface area contributed by atoms with Crippen molar-refractivity contribution in [1.82, 2.24) is 15.0 Å². The van der Waals surface area contributed by atoms with Crippen molar-refractivity contribution in [2.45, 2.75) is 19.4 Å². The number of aromatic nitrogens is 2. The van der Waals surface area contributed by atoms with Gasteiger partial charge in [0.1, 0.15) is 0 Å². The molecule has 0 aliphatic carbocycles. The van der Waals surface area contributed by atoms with Gasteiger partial charge in [-0.3, -0.25) is 19.1 Å². The molecule has 1 unspecified atom stereocenters. The fourth-order valence-electron chi connectivity index (χ4n) is 3.37. The molecule has 3 aromatic rings. The second-order valence-corrected chi connectivity index (χ2v) is 6.66. The first kappa shape index (κ1) is 18.4. The van der Waals surface area contributed by atoms with Crippen molar-refractivity contribution in [3.63, 3.8) is 0 Å². The number of nitrogens with one attached hydrogen (secondary N) is 2. The summed E-state index contributed by atoms with van der Waals surface area (Å²) in [5.41, 5.74) is 3.18. The summed E-state index contributed by atoms with van der Waals surface area (Å²) in [7, 11) is 0. The Morgan fingerprint density at radius 2 is 1.93 bits per heavy atom. The lowest BCUT2D eigenvalue weighted by Crippen LogP contribution is -2.33. The number of amides is 2. The van der Waals surface area contributed by atoms with Gasteiger partial charge in [0.15, 0.2) is 5.82 Å². The molecule has 2 heterocycles. The minimum absolute atomic E-state index is 0.124. The van der Waals surface area contributed by atoms with E-state index in [4.69, 9.17) is 0 Å². The van der Waals surface area contributed by atoms with E-state index in [1.807, 2.05) is 30.3 Å². The van der Waals surface area contributed by atoms with Crippen molar-refractivity contribution in [3.8, 4) is 11.4 Å². The second kappa shape index (κ2) is 7.59. The van der Waals surface area contributed by atoms with Gasteiger partial charge in [-0.15, -0.1) is 0 Å². The molecular weight excluding hydrogens is 372 g/mol. The zero-order valence-corrected chi connectivity index (χ0v) is 15.6. The Bertz CT molecular complexity index is 1140. The highest BCUT2D eigenvalue weighted by Crippen LogP contribution is 2.33. The smallest absolute Gasteiger partial charge is 0.326 e. The van der Waals surface area contributed by atoms with Crippen LogP contribution >= 0.6 is 0 Å². The third-order valence-corrected chi connectivity index (χ3v) is 4.73. The number of carbonyl (C=O) groups is 2. The van der Waals surface area contributed by atoms with Crippen LogP contribution in [0.15, 0.2) is 64.0 Å². The Morgan fingerprint density at radius 3 is 2.62 bits per heavy atom. The monoisotopic (exact) mass is 390 g/mol. The van der Waals surface area contributed by atoms with Crippen LogP contribution in [0.3, 0.4) is 0 Å². The highest BCUT2D eigenvalue weighted by Gasteiger charge is 2.28. The first-order chi connectivity index (χ1) is 14.0. The molecule has 1 aliphatic heterocycles. The highest BCUT2D eigenvalue weighted by molar-refractivity contribution is 5.92. The predicted molar refractivity (Wildman–Crippen MR) is 107 cm³/mol. The first-order valence-corrected chi connectivity index (χ1v) is 9.03. The lowest BCUT2D eigenvalue weighted by Gasteiger charge is -2.32. The van der Waals surface area contributed by atoms with E-state index in [2.05, 4.69) is 20.0 Å². The normalized spacial score (nSPS) is 15.1. The summed E-state index contributed by atoms with van der Waals surface area (Å²) in [6, 6.07) is 14.2. The number of hydrogen-bond donors (Lipinski definition) is 2. The van der Waals surface area contributed by atoms with Crippen molar-refractivity contribution < 1.29 is 14.1 Å². The molecule has 2 amide bonds. The lowest BCUT2D eigenvalue weighted by atomic mass is 9.93. The van der Waals surface area contributed by atoms with Crippen LogP contribution in [-0.4, -0.2) is 26.9 Å². The van der Waals surface area contributed by atoms with Gasteiger partial charge in [-0.1, -0.05) is 29.4 Å². The summed E-state index contributed by atoms with van der Waals surface area (Å²) in [4.78, 5) is 39.8. The van der Waals surface area contributed by atoms with Crippen molar-refractivity contribution in [2.24, 2.45) is 0 Å². The van der Waals surface area contributed by atoms with Crippen molar-refractivity contribution >= 4 is 23.6 Å². The fourth-order valence-corrected chi connectivity index (χ4v) is 3.37. The average molecular weight is 390 g/mol. The molecule has 0 saturated carbocycles. The number of rotatable bonds is 4. The van der Waals surface area contributed by atoms with E-state index >= 15 is 0 Å². The Labute approximate surface area is 165 Å². The van der Waals surface area contributed by atoms with Crippen LogP contribution in [0.5, 0.6) is 0 Å². The van der Waals surface area contributed by atoms with Gasteiger partial charge < -0.3 is 10.2 Å². The molecule has 0 bridgehead atoms. The molecule has 0 spiro atoms. The standard InChI is InChI=1S/C21H18N4O4/c1-13(26)25-11-10-14-4-2-3-5-17(14)18(25)12-19(27)22-16-8-6-15(7-9-16)20-23-21(28)29-24-20/h2-11,18H,12H2,1H3,(H,22,27)(H,23,24,28). The molecule has 0 fully saturated rings. The van der Waals surface area contributed by atoms with Crippen molar-refractivity contribution in [3.05, 3.63) is 76.4 Å². The van der Waals surface area contributed by atoms with Crippen LogP contribution in [0.2, 0.25) is 0 Å². The molecule has 1 aliphatic rings. The third kappa shape index (κ3) is 3.86. The largest absolute Gasteiger partial charge is 0.439 e. The Morgan fingerprint density at radius 1 is 1.17 bits per heavy atom. The molecule has 4 rings (SSSR count). The summed E-state index contributed by atoms with van der Waals surface area (Å²) in [5, 5.41) is 6.47. The van der Waals surface area contributed by atoms with Crippen molar-refractivity contribution in [2.75, 3.05) is 5.32 Å². The van der Waals surface area contributed by atoms with E-state index in [0.29, 0.717) is 17.1 Å². The SMILES string of the molecule is CC(=O)N1C=Cc2ccccc2C1CC(=O)Nc1ccc(-c2noc(=O)[nH]2)cc1.